The van der Waals surface area contributed by atoms with Gasteiger partial charge in [-0.05, 0) is 24.3 Å². The second-order valence-corrected chi connectivity index (χ2v) is 7.59. The maximum Gasteiger partial charge on any atom is 0.274 e. The molecule has 1 aromatic carbocycles. The highest BCUT2D eigenvalue weighted by molar-refractivity contribution is 6.30. The van der Waals surface area contributed by atoms with Gasteiger partial charge in [0.05, 0.1) is 11.1 Å². The normalized spacial score (nSPS) is 13.3. The van der Waals surface area contributed by atoms with Crippen molar-refractivity contribution in [2.75, 3.05) is 38.3 Å². The maximum atomic E-state index is 13.4. The fourth-order valence-electron chi connectivity index (χ4n) is 2.94. The number of carbonyl (C=O) groups is 2. The standard InChI is InChI=1S/C22H24ClFN4O4/c1-14(5-7-26-21(29)13-32-16-3-4-18(23)19(24)10-16)27-22(30)20-9-15(6-8-25-20)28-11-17(12-28)31-2/h3-4,6,8-10,17H,1,5,7,11-13H2,2H3,(H,26,29)(H,27,30). The van der Waals surface area contributed by atoms with Crippen LogP contribution in [-0.4, -0.2) is 56.3 Å². The number of nitrogens with zero attached hydrogens (tertiary/aromatic N) is 2. The van der Waals surface area contributed by atoms with E-state index in [4.69, 9.17) is 21.1 Å². The van der Waals surface area contributed by atoms with Crippen LogP contribution in [0.2, 0.25) is 5.02 Å². The summed E-state index contributed by atoms with van der Waals surface area (Å²) in [6.07, 6.45) is 2.11. The third kappa shape index (κ3) is 6.41. The third-order valence-electron chi connectivity index (χ3n) is 4.82. The molecule has 1 aromatic heterocycles. The van der Waals surface area contributed by atoms with Gasteiger partial charge in [0, 0.05) is 56.8 Å². The number of aromatic nitrogens is 1. The second kappa shape index (κ2) is 10.9. The Balaban J connectivity index is 1.37. The Kier molecular flexibility index (Phi) is 8.02. The molecule has 10 heteroatoms. The van der Waals surface area contributed by atoms with Crippen LogP contribution in [0.25, 0.3) is 0 Å². The van der Waals surface area contributed by atoms with Gasteiger partial charge in [0.2, 0.25) is 0 Å². The molecule has 2 heterocycles. The van der Waals surface area contributed by atoms with E-state index in [1.54, 1.807) is 19.4 Å². The fourth-order valence-corrected chi connectivity index (χ4v) is 3.06. The number of halogens is 2. The summed E-state index contributed by atoms with van der Waals surface area (Å²) in [7, 11) is 1.68. The second-order valence-electron chi connectivity index (χ2n) is 7.18. The number of hydrogen-bond acceptors (Lipinski definition) is 6. The molecular formula is C22H24ClFN4O4. The number of benzene rings is 1. The average Bonchev–Trinajstić information content (AvgIpc) is 2.74. The zero-order valence-electron chi connectivity index (χ0n) is 17.6. The van der Waals surface area contributed by atoms with Crippen LogP contribution in [0.3, 0.4) is 0 Å². The smallest absolute Gasteiger partial charge is 0.274 e. The summed E-state index contributed by atoms with van der Waals surface area (Å²) >= 11 is 5.60. The summed E-state index contributed by atoms with van der Waals surface area (Å²) in [6.45, 7) is 5.31. The Morgan fingerprint density at radius 2 is 2.09 bits per heavy atom. The van der Waals surface area contributed by atoms with E-state index in [0.29, 0.717) is 12.1 Å². The van der Waals surface area contributed by atoms with E-state index >= 15 is 0 Å². The van der Waals surface area contributed by atoms with Crippen LogP contribution in [0.5, 0.6) is 5.75 Å². The molecule has 32 heavy (non-hydrogen) atoms. The number of anilines is 1. The van der Waals surface area contributed by atoms with Crippen molar-refractivity contribution in [3.05, 3.63) is 65.3 Å². The largest absolute Gasteiger partial charge is 0.484 e. The topological polar surface area (TPSA) is 92.8 Å². The minimum Gasteiger partial charge on any atom is -0.484 e. The van der Waals surface area contributed by atoms with E-state index in [9.17, 15) is 14.0 Å². The molecule has 0 saturated carbocycles. The average molecular weight is 463 g/mol. The molecule has 0 spiro atoms. The van der Waals surface area contributed by atoms with Crippen molar-refractivity contribution in [3.63, 3.8) is 0 Å². The first-order chi connectivity index (χ1) is 15.4. The Morgan fingerprint density at radius 1 is 1.31 bits per heavy atom. The van der Waals surface area contributed by atoms with Gasteiger partial charge in [-0.3, -0.25) is 14.6 Å². The lowest BCUT2D eigenvalue weighted by Crippen LogP contribution is -2.52. The molecule has 0 unspecified atom stereocenters. The molecule has 0 radical (unpaired) electrons. The number of rotatable bonds is 10. The molecule has 1 fully saturated rings. The van der Waals surface area contributed by atoms with Crippen LogP contribution >= 0.6 is 11.6 Å². The highest BCUT2D eigenvalue weighted by Gasteiger charge is 2.27. The number of methoxy groups -OCH3 is 1. The lowest BCUT2D eigenvalue weighted by Gasteiger charge is -2.39. The van der Waals surface area contributed by atoms with Crippen LogP contribution in [0.4, 0.5) is 10.1 Å². The predicted molar refractivity (Wildman–Crippen MR) is 118 cm³/mol. The lowest BCUT2D eigenvalue weighted by molar-refractivity contribution is -0.123. The fraction of sp³-hybridized carbons (Fsp3) is 0.318. The summed E-state index contributed by atoms with van der Waals surface area (Å²) < 4.78 is 23.8. The summed E-state index contributed by atoms with van der Waals surface area (Å²) in [5.74, 6) is -1.19. The molecule has 3 rings (SSSR count). The van der Waals surface area contributed by atoms with Crippen LogP contribution in [0, 0.1) is 5.82 Å². The highest BCUT2D eigenvalue weighted by Crippen LogP contribution is 2.22. The zero-order chi connectivity index (χ0) is 23.1. The number of amides is 2. The van der Waals surface area contributed by atoms with Crippen molar-refractivity contribution in [3.8, 4) is 5.75 Å². The first kappa shape index (κ1) is 23.5. The molecule has 0 aliphatic carbocycles. The number of pyridine rings is 1. The molecule has 1 saturated heterocycles. The SMILES string of the molecule is C=C(CCNC(=O)COc1ccc(Cl)c(F)c1)NC(=O)c1cc(N2CC(OC)C2)ccn1. The van der Waals surface area contributed by atoms with Crippen molar-refractivity contribution in [1.29, 1.82) is 0 Å². The van der Waals surface area contributed by atoms with Crippen molar-refractivity contribution >= 4 is 29.1 Å². The van der Waals surface area contributed by atoms with Crippen molar-refractivity contribution < 1.29 is 23.5 Å². The Morgan fingerprint density at radius 3 is 2.81 bits per heavy atom. The summed E-state index contributed by atoms with van der Waals surface area (Å²) in [5.41, 5.74) is 1.61. The Bertz CT molecular complexity index is 998. The van der Waals surface area contributed by atoms with Gasteiger partial charge >= 0.3 is 0 Å². The van der Waals surface area contributed by atoms with Gasteiger partial charge in [0.25, 0.3) is 11.8 Å². The molecule has 0 bridgehead atoms. The van der Waals surface area contributed by atoms with Gasteiger partial charge in [0.1, 0.15) is 17.3 Å². The summed E-state index contributed by atoms with van der Waals surface area (Å²) in [4.78, 5) is 30.5. The van der Waals surface area contributed by atoms with Gasteiger partial charge in [0.15, 0.2) is 6.61 Å². The predicted octanol–water partition coefficient (Wildman–Crippen LogP) is 2.54. The zero-order valence-corrected chi connectivity index (χ0v) is 18.3. The molecule has 1 aliphatic heterocycles. The maximum absolute atomic E-state index is 13.4. The molecule has 0 atom stereocenters. The van der Waals surface area contributed by atoms with Gasteiger partial charge in [-0.15, -0.1) is 0 Å². The number of ether oxygens (including phenoxy) is 2. The molecule has 2 amide bonds. The van der Waals surface area contributed by atoms with Crippen LogP contribution in [-0.2, 0) is 9.53 Å². The van der Waals surface area contributed by atoms with E-state index in [-0.39, 0.29) is 41.6 Å². The van der Waals surface area contributed by atoms with E-state index in [0.717, 1.165) is 24.8 Å². The first-order valence-corrected chi connectivity index (χ1v) is 10.3. The number of hydrogen-bond donors (Lipinski definition) is 2. The van der Waals surface area contributed by atoms with E-state index < -0.39 is 11.7 Å². The molecule has 2 N–H and O–H groups in total. The van der Waals surface area contributed by atoms with E-state index in [1.807, 2.05) is 6.07 Å². The third-order valence-corrected chi connectivity index (χ3v) is 5.13. The Hall–Kier alpha value is -3.17. The Labute approximate surface area is 190 Å². The van der Waals surface area contributed by atoms with E-state index in [2.05, 4.69) is 27.1 Å². The summed E-state index contributed by atoms with van der Waals surface area (Å²) in [6, 6.07) is 7.48. The minimum absolute atomic E-state index is 0.0235. The molecule has 2 aromatic rings. The van der Waals surface area contributed by atoms with Crippen molar-refractivity contribution in [1.82, 2.24) is 15.6 Å². The summed E-state index contributed by atoms with van der Waals surface area (Å²) in [5, 5.41) is 5.30. The molecular weight excluding hydrogens is 439 g/mol. The van der Waals surface area contributed by atoms with Crippen molar-refractivity contribution in [2.45, 2.75) is 12.5 Å². The van der Waals surface area contributed by atoms with Crippen LogP contribution in [0.15, 0.2) is 48.8 Å². The van der Waals surface area contributed by atoms with Gasteiger partial charge < -0.3 is 25.0 Å². The molecule has 1 aliphatic rings. The quantitative estimate of drug-likeness (QED) is 0.563. The van der Waals surface area contributed by atoms with Crippen molar-refractivity contribution in [2.24, 2.45) is 0 Å². The van der Waals surface area contributed by atoms with E-state index in [1.165, 1.54) is 12.1 Å². The highest BCUT2D eigenvalue weighted by atomic mass is 35.5. The number of carbonyl (C=O) groups excluding carboxylic acids is 2. The minimum atomic E-state index is -0.624. The first-order valence-electron chi connectivity index (χ1n) is 9.93. The van der Waals surface area contributed by atoms with Gasteiger partial charge in [-0.1, -0.05) is 18.2 Å². The van der Waals surface area contributed by atoms with Gasteiger partial charge in [-0.2, -0.15) is 0 Å². The molecule has 170 valence electrons. The molecule has 8 nitrogen and oxygen atoms in total. The lowest BCUT2D eigenvalue weighted by atomic mass is 10.1. The number of nitrogens with one attached hydrogen (secondary N) is 2. The van der Waals surface area contributed by atoms with Gasteiger partial charge in [-0.25, -0.2) is 4.39 Å². The monoisotopic (exact) mass is 462 g/mol. The van der Waals surface area contributed by atoms with Crippen LogP contribution in [0.1, 0.15) is 16.9 Å². The van der Waals surface area contributed by atoms with Crippen LogP contribution < -0.4 is 20.3 Å².